The maximum absolute atomic E-state index is 13.5. The molecule has 1 aliphatic rings. The second-order valence-electron chi connectivity index (χ2n) is 14.9. The number of methoxy groups -OCH3 is 1. The van der Waals surface area contributed by atoms with E-state index in [0.717, 1.165) is 47.2 Å². The van der Waals surface area contributed by atoms with Crippen molar-refractivity contribution in [3.8, 4) is 29.6 Å². The van der Waals surface area contributed by atoms with Crippen LogP contribution in [0.2, 0.25) is 0 Å². The highest BCUT2D eigenvalue weighted by Gasteiger charge is 2.24. The van der Waals surface area contributed by atoms with Crippen molar-refractivity contribution in [1.29, 1.82) is 0 Å². The van der Waals surface area contributed by atoms with Crippen molar-refractivity contribution in [2.24, 2.45) is 0 Å². The van der Waals surface area contributed by atoms with Gasteiger partial charge in [-0.05, 0) is 65.1 Å². The van der Waals surface area contributed by atoms with Crippen molar-refractivity contribution in [2.75, 3.05) is 57.1 Å². The minimum Gasteiger partial charge on any atom is -0.494 e. The van der Waals surface area contributed by atoms with Gasteiger partial charge in [-0.1, -0.05) is 57.9 Å². The smallest absolute Gasteiger partial charge is 0.323 e. The molecule has 0 radical (unpaired) electrons. The minimum atomic E-state index is -0.491. The summed E-state index contributed by atoms with van der Waals surface area (Å²) in [4.78, 5) is 46.4. The predicted molar refractivity (Wildman–Crippen MR) is 224 cm³/mol. The molecule has 1 fully saturated rings. The van der Waals surface area contributed by atoms with Crippen molar-refractivity contribution in [3.05, 3.63) is 119 Å². The lowest BCUT2D eigenvalue weighted by molar-refractivity contribution is 0.0383. The van der Waals surface area contributed by atoms with Crippen molar-refractivity contribution in [1.82, 2.24) is 15.2 Å². The van der Waals surface area contributed by atoms with Crippen LogP contribution in [0.5, 0.6) is 17.2 Å². The van der Waals surface area contributed by atoms with Crippen LogP contribution in [0.4, 0.5) is 16.2 Å². The van der Waals surface area contributed by atoms with Crippen LogP contribution in [-0.4, -0.2) is 74.1 Å². The topological polar surface area (TPSA) is 131 Å². The number of carbonyl (C=O) groups excluding carboxylic acids is 3. The highest BCUT2D eigenvalue weighted by Crippen LogP contribution is 2.37. The Labute approximate surface area is 334 Å². The summed E-state index contributed by atoms with van der Waals surface area (Å²) in [6.45, 7) is 12.4. The first-order chi connectivity index (χ1) is 27.4. The molecule has 294 valence electrons. The van der Waals surface area contributed by atoms with Crippen LogP contribution in [0.15, 0.2) is 85.1 Å². The Balaban J connectivity index is 1.17. The number of amides is 3. The molecular weight excluding hydrogens is 719 g/mol. The molecule has 0 bridgehead atoms. The van der Waals surface area contributed by atoms with Crippen molar-refractivity contribution in [2.45, 2.75) is 46.0 Å². The van der Waals surface area contributed by atoms with Crippen LogP contribution in [0.1, 0.15) is 77.2 Å². The van der Waals surface area contributed by atoms with E-state index in [-0.39, 0.29) is 17.1 Å². The fraction of sp³-hybridized carbons (Fsp3) is 0.304. The number of anilines is 2. The Morgan fingerprint density at radius 2 is 1.68 bits per heavy atom. The number of fused-ring (bicyclic) bond motifs is 1. The molecule has 4 aromatic carbocycles. The number of pyridine rings is 1. The highest BCUT2D eigenvalue weighted by atomic mass is 16.5. The van der Waals surface area contributed by atoms with E-state index in [0.29, 0.717) is 77.9 Å². The van der Waals surface area contributed by atoms with Crippen LogP contribution >= 0.6 is 0 Å². The molecule has 57 heavy (non-hydrogen) atoms. The number of terminal acetylenes is 1. The molecule has 3 N–H and O–H groups in total. The van der Waals surface area contributed by atoms with Gasteiger partial charge in [-0.2, -0.15) is 0 Å². The molecule has 3 amide bonds. The molecule has 1 aliphatic heterocycles. The van der Waals surface area contributed by atoms with E-state index in [1.54, 1.807) is 37.4 Å². The minimum absolute atomic E-state index is 0.0771. The van der Waals surface area contributed by atoms with Gasteiger partial charge in [0.1, 0.15) is 11.5 Å². The van der Waals surface area contributed by atoms with Crippen LogP contribution in [0.25, 0.3) is 10.8 Å². The molecule has 0 atom stereocenters. The van der Waals surface area contributed by atoms with Gasteiger partial charge >= 0.3 is 6.03 Å². The number of morpholine rings is 1. The van der Waals surface area contributed by atoms with Gasteiger partial charge in [0.15, 0.2) is 11.5 Å². The first kappa shape index (κ1) is 40.4. The zero-order valence-electron chi connectivity index (χ0n) is 33.2. The number of Topliss-reactive ketones (excluding diaryl/α,β-unsaturated/α-hetero) is 1. The largest absolute Gasteiger partial charge is 0.494 e. The average molecular weight is 768 g/mol. The molecule has 0 unspecified atom stereocenters. The summed E-state index contributed by atoms with van der Waals surface area (Å²) in [7, 11) is 1.49. The second-order valence-corrected chi connectivity index (χ2v) is 14.9. The second kappa shape index (κ2) is 18.2. The van der Waals surface area contributed by atoms with Crippen LogP contribution in [-0.2, 0) is 16.6 Å². The van der Waals surface area contributed by atoms with Gasteiger partial charge < -0.3 is 30.2 Å². The van der Waals surface area contributed by atoms with E-state index in [9.17, 15) is 14.4 Å². The van der Waals surface area contributed by atoms with Gasteiger partial charge in [0.25, 0.3) is 5.91 Å². The number of rotatable bonds is 13. The zero-order chi connectivity index (χ0) is 40.5. The Hall–Kier alpha value is -6.22. The third-order valence-corrected chi connectivity index (χ3v) is 9.80. The van der Waals surface area contributed by atoms with Gasteiger partial charge in [-0.3, -0.25) is 19.5 Å². The molecule has 6 rings (SSSR count). The van der Waals surface area contributed by atoms with Gasteiger partial charge in [-0.25, -0.2) is 4.79 Å². The number of benzene rings is 4. The number of urea groups is 1. The Morgan fingerprint density at radius 1 is 0.930 bits per heavy atom. The number of ketones is 1. The molecule has 0 saturated carbocycles. The van der Waals surface area contributed by atoms with Gasteiger partial charge in [-0.15, -0.1) is 6.42 Å². The fourth-order valence-electron chi connectivity index (χ4n) is 6.73. The van der Waals surface area contributed by atoms with E-state index in [2.05, 4.69) is 31.8 Å². The summed E-state index contributed by atoms with van der Waals surface area (Å²) in [6, 6.07) is 23.5. The summed E-state index contributed by atoms with van der Waals surface area (Å²) >= 11 is 0. The summed E-state index contributed by atoms with van der Waals surface area (Å²) in [5.74, 6) is 3.89. The van der Waals surface area contributed by atoms with E-state index in [1.165, 1.54) is 7.11 Å². The van der Waals surface area contributed by atoms with Crippen LogP contribution in [0, 0.1) is 12.3 Å². The summed E-state index contributed by atoms with van der Waals surface area (Å²) in [5.41, 5.74) is 4.71. The lowest BCUT2D eigenvalue weighted by atomic mass is 9.85. The number of ether oxygens (including phenoxy) is 3. The molecule has 11 nitrogen and oxygen atoms in total. The quantitative estimate of drug-likeness (QED) is 0.0808. The molecular formula is C46H49N5O6. The lowest BCUT2D eigenvalue weighted by Crippen LogP contribution is -2.41. The fourth-order valence-corrected chi connectivity index (χ4v) is 6.73. The van der Waals surface area contributed by atoms with Crippen molar-refractivity contribution >= 4 is 39.9 Å². The van der Waals surface area contributed by atoms with E-state index in [4.69, 9.17) is 20.6 Å². The van der Waals surface area contributed by atoms with Gasteiger partial charge in [0.2, 0.25) is 0 Å². The molecule has 1 saturated heterocycles. The molecule has 1 aromatic heterocycles. The maximum atomic E-state index is 13.5. The monoisotopic (exact) mass is 767 g/mol. The Kier molecular flexibility index (Phi) is 12.9. The first-order valence-corrected chi connectivity index (χ1v) is 19.1. The number of hydrogen-bond acceptors (Lipinski definition) is 8. The van der Waals surface area contributed by atoms with E-state index in [1.807, 2.05) is 75.4 Å². The number of nitrogens with one attached hydrogen (secondary N) is 3. The number of aromatic nitrogens is 1. The van der Waals surface area contributed by atoms with Gasteiger partial charge in [0, 0.05) is 78.9 Å². The molecule has 11 heteroatoms. The molecule has 2 heterocycles. The summed E-state index contributed by atoms with van der Waals surface area (Å²) in [6.07, 6.45) is 8.19. The predicted octanol–water partition coefficient (Wildman–Crippen LogP) is 8.20. The van der Waals surface area contributed by atoms with E-state index < -0.39 is 6.03 Å². The number of carbonyl (C=O) groups is 3. The highest BCUT2D eigenvalue weighted by molar-refractivity contribution is 6.09. The number of hydrogen-bond donors (Lipinski definition) is 3. The molecule has 0 aliphatic carbocycles. The average Bonchev–Trinajstić information content (AvgIpc) is 3.21. The van der Waals surface area contributed by atoms with Gasteiger partial charge in [0.05, 0.1) is 37.3 Å². The lowest BCUT2D eigenvalue weighted by Gasteiger charge is -2.26. The van der Waals surface area contributed by atoms with Crippen molar-refractivity contribution in [3.63, 3.8) is 0 Å². The maximum Gasteiger partial charge on any atom is 0.323 e. The summed E-state index contributed by atoms with van der Waals surface area (Å²) < 4.78 is 17.5. The summed E-state index contributed by atoms with van der Waals surface area (Å²) in [5, 5.41) is 10.5. The van der Waals surface area contributed by atoms with Crippen molar-refractivity contribution < 1.29 is 28.6 Å². The van der Waals surface area contributed by atoms with Crippen LogP contribution in [0.3, 0.4) is 0 Å². The third-order valence-electron chi connectivity index (χ3n) is 9.80. The third kappa shape index (κ3) is 10.2. The first-order valence-electron chi connectivity index (χ1n) is 19.1. The molecule has 0 spiro atoms. The zero-order valence-corrected chi connectivity index (χ0v) is 33.2. The SMILES string of the molecule is C#Cc1cc(Cc2cc(Oc3ccc(NC(=O)Nc4cc(C(C)(C)C)cc(C(=O)CC)c4OC)c4ccccc34)ccn2)cc(C(=O)NCCN2CCOCC2)c1. The van der Waals surface area contributed by atoms with E-state index >= 15 is 0 Å². The normalized spacial score (nSPS) is 13.1. The molecule has 5 aromatic rings. The number of nitrogens with zero attached hydrogens (tertiary/aromatic N) is 2. The standard InChI is InChI=1S/C46H49N5O6/c1-7-30-23-31(25-32(24-30)44(53)48-17-18-51-19-21-56-22-20-51)26-34-29-35(15-16-47-34)57-42-14-13-39(36-11-9-10-12-37(36)42)49-45(54)50-40-28-33(46(3,4)5)27-38(41(52)8-2)43(40)55-6/h1,9-16,23-25,27-29H,8,17-22,26H2,2-6H3,(H,48,53)(H2,49,50,54). The Morgan fingerprint density at radius 3 is 2.40 bits per heavy atom. The Bertz CT molecular complexity index is 2320. The van der Waals surface area contributed by atoms with Crippen LogP contribution < -0.4 is 25.4 Å².